The molecule has 1 unspecified atom stereocenters. The number of carbonyl (C=O) groups excluding carboxylic acids is 1. The van der Waals surface area contributed by atoms with Gasteiger partial charge in [-0.1, -0.05) is 15.9 Å². The first-order valence-electron chi connectivity index (χ1n) is 6.51. The second-order valence-corrected chi connectivity index (χ2v) is 6.72. The van der Waals surface area contributed by atoms with Crippen LogP contribution in [0.5, 0.6) is 0 Å². The molecule has 5 heteroatoms. The smallest absolute Gasteiger partial charge is 0.414 e. The maximum Gasteiger partial charge on any atom is 0.414 e. The van der Waals surface area contributed by atoms with E-state index in [0.29, 0.717) is 13.0 Å². The number of fused-ring (bicyclic) bond motifs is 1. The van der Waals surface area contributed by atoms with Crippen molar-refractivity contribution < 1.29 is 9.53 Å². The third-order valence-corrected chi connectivity index (χ3v) is 3.56. The van der Waals surface area contributed by atoms with Crippen LogP contribution in [0.2, 0.25) is 0 Å². The molecule has 0 saturated heterocycles. The Morgan fingerprint density at radius 3 is 2.80 bits per heavy atom. The highest BCUT2D eigenvalue weighted by Crippen LogP contribution is 2.37. The van der Waals surface area contributed by atoms with Crippen molar-refractivity contribution in [3.05, 3.63) is 28.2 Å². The number of halogens is 1. The Kier molecular flexibility index (Phi) is 4.05. The third kappa shape index (κ3) is 3.13. The number of rotatable bonds is 0. The summed E-state index contributed by atoms with van der Waals surface area (Å²) in [6.45, 7) is 6.03. The van der Waals surface area contributed by atoms with E-state index in [2.05, 4.69) is 22.0 Å². The molecule has 0 saturated carbocycles. The molecule has 0 aliphatic carbocycles. The molecule has 0 aromatic heterocycles. The van der Waals surface area contributed by atoms with Crippen LogP contribution in [0.3, 0.4) is 0 Å². The highest BCUT2D eigenvalue weighted by Gasteiger charge is 2.31. The summed E-state index contributed by atoms with van der Waals surface area (Å²) in [7, 11) is 0. The van der Waals surface area contributed by atoms with E-state index in [0.717, 1.165) is 15.7 Å². The minimum absolute atomic E-state index is 0.179. The lowest BCUT2D eigenvalue weighted by Crippen LogP contribution is -2.40. The Bertz CT molecular complexity index is 572. The number of hydrogen-bond donors (Lipinski definition) is 0. The molecule has 1 aromatic carbocycles. The van der Waals surface area contributed by atoms with E-state index < -0.39 is 5.60 Å². The fourth-order valence-electron chi connectivity index (χ4n) is 2.23. The molecule has 0 bridgehead atoms. The topological polar surface area (TPSA) is 53.3 Å². The Hall–Kier alpha value is -1.54. The molecule has 106 valence electrons. The van der Waals surface area contributed by atoms with E-state index in [4.69, 9.17) is 4.74 Å². The third-order valence-electron chi connectivity index (χ3n) is 3.07. The summed E-state index contributed by atoms with van der Waals surface area (Å²) in [5.74, 6) is -0.179. The van der Waals surface area contributed by atoms with Crippen LogP contribution in [0, 0.1) is 11.3 Å². The van der Waals surface area contributed by atoms with E-state index in [-0.39, 0.29) is 12.0 Å². The van der Waals surface area contributed by atoms with Gasteiger partial charge in [0.1, 0.15) is 5.60 Å². The van der Waals surface area contributed by atoms with Gasteiger partial charge in [0, 0.05) is 11.0 Å². The second-order valence-electron chi connectivity index (χ2n) is 5.81. The van der Waals surface area contributed by atoms with Gasteiger partial charge in [-0.05, 0) is 51.0 Å². The quantitative estimate of drug-likeness (QED) is 0.713. The summed E-state index contributed by atoms with van der Waals surface area (Å²) in [5, 5.41) is 9.24. The van der Waals surface area contributed by atoms with Gasteiger partial charge in [-0.3, -0.25) is 4.90 Å². The number of carbonyl (C=O) groups is 1. The van der Waals surface area contributed by atoms with Gasteiger partial charge in [0.25, 0.3) is 0 Å². The van der Waals surface area contributed by atoms with Crippen molar-refractivity contribution in [2.24, 2.45) is 0 Å². The van der Waals surface area contributed by atoms with Gasteiger partial charge in [-0.25, -0.2) is 4.79 Å². The first-order chi connectivity index (χ1) is 9.31. The Balaban J connectivity index is 2.35. The van der Waals surface area contributed by atoms with Crippen molar-refractivity contribution in [2.45, 2.75) is 38.7 Å². The zero-order valence-corrected chi connectivity index (χ0v) is 13.4. The van der Waals surface area contributed by atoms with Crippen molar-refractivity contribution in [2.75, 3.05) is 11.4 Å². The minimum Gasteiger partial charge on any atom is -0.443 e. The van der Waals surface area contributed by atoms with Gasteiger partial charge in [-0.15, -0.1) is 0 Å². The molecule has 4 nitrogen and oxygen atoms in total. The zero-order valence-electron chi connectivity index (χ0n) is 11.8. The van der Waals surface area contributed by atoms with Crippen molar-refractivity contribution in [3.63, 3.8) is 0 Å². The maximum atomic E-state index is 12.3. The van der Waals surface area contributed by atoms with Crippen LogP contribution >= 0.6 is 15.9 Å². The van der Waals surface area contributed by atoms with Gasteiger partial charge in [0.05, 0.1) is 17.7 Å². The molecule has 0 fully saturated rings. The predicted octanol–water partition coefficient (Wildman–Crippen LogP) is 4.20. The van der Waals surface area contributed by atoms with Crippen molar-refractivity contribution >= 4 is 27.7 Å². The van der Waals surface area contributed by atoms with E-state index >= 15 is 0 Å². The molecule has 1 amide bonds. The fourth-order valence-corrected chi connectivity index (χ4v) is 2.60. The number of benzene rings is 1. The molecule has 1 aromatic rings. The predicted molar refractivity (Wildman–Crippen MR) is 80.7 cm³/mol. The molecule has 1 atom stereocenters. The van der Waals surface area contributed by atoms with Crippen LogP contribution in [0.4, 0.5) is 10.5 Å². The summed E-state index contributed by atoms with van der Waals surface area (Å²) < 4.78 is 6.33. The van der Waals surface area contributed by atoms with Crippen LogP contribution < -0.4 is 4.90 Å². The van der Waals surface area contributed by atoms with Gasteiger partial charge in [0.2, 0.25) is 0 Å². The molecular weight excluding hydrogens is 320 g/mol. The van der Waals surface area contributed by atoms with Crippen LogP contribution in [-0.4, -0.2) is 18.2 Å². The summed E-state index contributed by atoms with van der Waals surface area (Å²) in [4.78, 5) is 13.9. The maximum absolute atomic E-state index is 12.3. The zero-order chi connectivity index (χ0) is 14.9. The van der Waals surface area contributed by atoms with Crippen LogP contribution in [0.25, 0.3) is 0 Å². The molecule has 0 spiro atoms. The average molecular weight is 337 g/mol. The van der Waals surface area contributed by atoms with E-state index in [9.17, 15) is 10.1 Å². The molecule has 0 N–H and O–H groups in total. The monoisotopic (exact) mass is 336 g/mol. The number of amides is 1. The lowest BCUT2D eigenvalue weighted by Gasteiger charge is -2.33. The largest absolute Gasteiger partial charge is 0.443 e. The number of anilines is 1. The van der Waals surface area contributed by atoms with E-state index in [1.54, 1.807) is 4.90 Å². The van der Waals surface area contributed by atoms with Crippen molar-refractivity contribution in [1.29, 1.82) is 5.26 Å². The Labute approximate surface area is 127 Å². The Morgan fingerprint density at radius 2 is 2.20 bits per heavy atom. The normalized spacial score (nSPS) is 18.1. The molecule has 20 heavy (non-hydrogen) atoms. The first-order valence-corrected chi connectivity index (χ1v) is 7.31. The van der Waals surface area contributed by atoms with Crippen molar-refractivity contribution in [3.8, 4) is 6.07 Å². The molecule has 1 aliphatic rings. The highest BCUT2D eigenvalue weighted by atomic mass is 79.9. The van der Waals surface area contributed by atoms with E-state index in [1.165, 1.54) is 0 Å². The van der Waals surface area contributed by atoms with Gasteiger partial charge < -0.3 is 4.74 Å². The van der Waals surface area contributed by atoms with Crippen molar-refractivity contribution in [1.82, 2.24) is 0 Å². The average Bonchev–Trinajstić information content (AvgIpc) is 2.35. The number of nitrogens with zero attached hydrogens (tertiary/aromatic N) is 2. The lowest BCUT2D eigenvalue weighted by molar-refractivity contribution is 0.0577. The molecule has 0 radical (unpaired) electrons. The number of ether oxygens (including phenoxy) is 1. The van der Waals surface area contributed by atoms with Gasteiger partial charge in [-0.2, -0.15) is 5.26 Å². The lowest BCUT2D eigenvalue weighted by atomic mass is 9.91. The molecule has 1 heterocycles. The SMILES string of the molecule is CC(C)(C)OC(=O)N1CCC(C#N)c2cc(Br)ccc21. The molecule has 2 rings (SSSR count). The summed E-state index contributed by atoms with van der Waals surface area (Å²) >= 11 is 3.41. The minimum atomic E-state index is -0.529. The highest BCUT2D eigenvalue weighted by molar-refractivity contribution is 9.10. The second kappa shape index (κ2) is 5.45. The summed E-state index contributed by atoms with van der Waals surface area (Å²) in [5.41, 5.74) is 1.11. The van der Waals surface area contributed by atoms with Gasteiger partial charge >= 0.3 is 6.09 Å². The fraction of sp³-hybridized carbons (Fsp3) is 0.467. The first kappa shape index (κ1) is 14.9. The number of hydrogen-bond acceptors (Lipinski definition) is 3. The van der Waals surface area contributed by atoms with Crippen LogP contribution in [0.15, 0.2) is 22.7 Å². The summed E-state index contributed by atoms with van der Waals surface area (Å²) in [6.07, 6.45) is 0.261. The standard InChI is InChI=1S/C15H17BrN2O2/c1-15(2,3)20-14(19)18-7-6-10(9-17)12-8-11(16)4-5-13(12)18/h4-5,8,10H,6-7H2,1-3H3. The molecular formula is C15H17BrN2O2. The Morgan fingerprint density at radius 1 is 1.50 bits per heavy atom. The van der Waals surface area contributed by atoms with Crippen LogP contribution in [-0.2, 0) is 4.74 Å². The summed E-state index contributed by atoms with van der Waals surface area (Å²) in [6, 6.07) is 7.92. The van der Waals surface area contributed by atoms with Gasteiger partial charge in [0.15, 0.2) is 0 Å². The van der Waals surface area contributed by atoms with Crippen LogP contribution in [0.1, 0.15) is 38.7 Å². The number of nitriles is 1. The molecule has 1 aliphatic heterocycles. The van der Waals surface area contributed by atoms with E-state index in [1.807, 2.05) is 39.0 Å².